The highest BCUT2D eigenvalue weighted by Crippen LogP contribution is 2.17. The molecule has 0 atom stereocenters. The molecule has 0 fully saturated rings. The van der Waals surface area contributed by atoms with E-state index in [9.17, 15) is 13.2 Å². The summed E-state index contributed by atoms with van der Waals surface area (Å²) < 4.78 is 40.4. The molecule has 3 heteroatoms. The van der Waals surface area contributed by atoms with Crippen molar-refractivity contribution in [2.45, 2.75) is 26.7 Å². The van der Waals surface area contributed by atoms with Crippen molar-refractivity contribution in [3.05, 3.63) is 70.0 Å². The summed E-state index contributed by atoms with van der Waals surface area (Å²) in [4.78, 5) is 0. The summed E-state index contributed by atoms with van der Waals surface area (Å²) in [5, 5.41) is 0. The normalized spacial score (nSPS) is 10.8. The van der Waals surface area contributed by atoms with E-state index < -0.39 is 11.6 Å². The molecule has 0 unspecified atom stereocenters. The van der Waals surface area contributed by atoms with E-state index in [-0.39, 0.29) is 11.4 Å². The average Bonchev–Trinajstić information content (AvgIpc) is 2.34. The van der Waals surface area contributed by atoms with Gasteiger partial charge < -0.3 is 0 Å². The standard InChI is InChI=1S/C16H15F3/c1-10-3-5-13(16(19)7-10)6-4-12-8-14(17)11(2)15(18)9-12/h3,5,7-9H,4,6H2,1-2H3. The van der Waals surface area contributed by atoms with Crippen molar-refractivity contribution in [1.29, 1.82) is 0 Å². The first-order valence-corrected chi connectivity index (χ1v) is 6.17. The highest BCUT2D eigenvalue weighted by molar-refractivity contribution is 5.28. The van der Waals surface area contributed by atoms with Crippen molar-refractivity contribution in [2.24, 2.45) is 0 Å². The van der Waals surface area contributed by atoms with Crippen LogP contribution in [0.4, 0.5) is 13.2 Å². The molecule has 0 aliphatic heterocycles. The Balaban J connectivity index is 2.14. The molecule has 0 saturated heterocycles. The molecule has 0 heterocycles. The van der Waals surface area contributed by atoms with E-state index in [4.69, 9.17) is 0 Å². The average molecular weight is 264 g/mol. The first-order chi connectivity index (χ1) is 8.97. The molecule has 2 aromatic rings. The third kappa shape index (κ3) is 3.16. The van der Waals surface area contributed by atoms with Crippen LogP contribution in [0.3, 0.4) is 0 Å². The Kier molecular flexibility index (Phi) is 3.93. The SMILES string of the molecule is Cc1ccc(CCc2cc(F)c(C)c(F)c2)c(F)c1. The Bertz CT molecular complexity index is 580. The molecule has 0 bridgehead atoms. The van der Waals surface area contributed by atoms with Crippen LogP contribution in [0.15, 0.2) is 30.3 Å². The van der Waals surface area contributed by atoms with Crippen LogP contribution in [0, 0.1) is 31.3 Å². The quantitative estimate of drug-likeness (QED) is 0.765. The van der Waals surface area contributed by atoms with Crippen LogP contribution < -0.4 is 0 Å². The molecule has 100 valence electrons. The lowest BCUT2D eigenvalue weighted by Crippen LogP contribution is -1.98. The fourth-order valence-corrected chi connectivity index (χ4v) is 1.98. The Hall–Kier alpha value is -1.77. The maximum Gasteiger partial charge on any atom is 0.129 e. The van der Waals surface area contributed by atoms with Crippen LogP contribution in [0.5, 0.6) is 0 Å². The molecule has 0 N–H and O–H groups in total. The van der Waals surface area contributed by atoms with Gasteiger partial charge in [0.2, 0.25) is 0 Å². The van der Waals surface area contributed by atoms with Gasteiger partial charge in [0.25, 0.3) is 0 Å². The monoisotopic (exact) mass is 264 g/mol. The predicted molar refractivity (Wildman–Crippen MR) is 69.6 cm³/mol. The van der Waals surface area contributed by atoms with E-state index in [1.807, 2.05) is 13.0 Å². The predicted octanol–water partition coefficient (Wildman–Crippen LogP) is 4.51. The molecule has 0 aromatic heterocycles. The van der Waals surface area contributed by atoms with Crippen LogP contribution >= 0.6 is 0 Å². The Morgan fingerprint density at radius 2 is 1.42 bits per heavy atom. The van der Waals surface area contributed by atoms with Gasteiger partial charge in [-0.15, -0.1) is 0 Å². The van der Waals surface area contributed by atoms with Crippen molar-refractivity contribution < 1.29 is 13.2 Å². The van der Waals surface area contributed by atoms with E-state index >= 15 is 0 Å². The van der Waals surface area contributed by atoms with Crippen LogP contribution in [0.1, 0.15) is 22.3 Å². The molecule has 2 rings (SSSR count). The zero-order chi connectivity index (χ0) is 14.0. The maximum absolute atomic E-state index is 13.6. The van der Waals surface area contributed by atoms with Gasteiger partial charge in [-0.25, -0.2) is 13.2 Å². The molecule has 0 spiro atoms. The van der Waals surface area contributed by atoms with Gasteiger partial charge >= 0.3 is 0 Å². The minimum absolute atomic E-state index is 0.0188. The van der Waals surface area contributed by atoms with Gasteiger partial charge in [-0.3, -0.25) is 0 Å². The van der Waals surface area contributed by atoms with E-state index in [1.165, 1.54) is 25.1 Å². The largest absolute Gasteiger partial charge is 0.207 e. The summed E-state index contributed by atoms with van der Waals surface area (Å²) in [5.74, 6) is -1.38. The molecule has 0 amide bonds. The summed E-state index contributed by atoms with van der Waals surface area (Å²) >= 11 is 0. The fraction of sp³-hybridized carbons (Fsp3) is 0.250. The molecule has 19 heavy (non-hydrogen) atoms. The van der Waals surface area contributed by atoms with Crippen molar-refractivity contribution in [3.63, 3.8) is 0 Å². The Labute approximate surface area is 110 Å². The summed E-state index contributed by atoms with van der Waals surface area (Å²) in [6.45, 7) is 3.21. The van der Waals surface area contributed by atoms with E-state index in [0.717, 1.165) is 5.56 Å². The molecule has 0 nitrogen and oxygen atoms in total. The van der Waals surface area contributed by atoms with Gasteiger partial charge in [-0.1, -0.05) is 12.1 Å². The van der Waals surface area contributed by atoms with E-state index in [2.05, 4.69) is 0 Å². The molecular weight excluding hydrogens is 249 g/mol. The number of rotatable bonds is 3. The Morgan fingerprint density at radius 3 is 2.00 bits per heavy atom. The highest BCUT2D eigenvalue weighted by atomic mass is 19.1. The van der Waals surface area contributed by atoms with Crippen LogP contribution in [0.2, 0.25) is 0 Å². The fourth-order valence-electron chi connectivity index (χ4n) is 1.98. The summed E-state index contributed by atoms with van der Waals surface area (Å²) in [6.07, 6.45) is 0.835. The molecule has 0 radical (unpaired) electrons. The zero-order valence-corrected chi connectivity index (χ0v) is 10.9. The first kappa shape index (κ1) is 13.7. The Morgan fingerprint density at radius 1 is 0.789 bits per heavy atom. The zero-order valence-electron chi connectivity index (χ0n) is 10.9. The molecular formula is C16H15F3. The molecule has 2 aromatic carbocycles. The minimum atomic E-state index is -0.556. The summed E-state index contributed by atoms with van der Waals surface area (Å²) in [5.41, 5.74) is 1.98. The van der Waals surface area contributed by atoms with E-state index in [0.29, 0.717) is 24.0 Å². The number of hydrogen-bond acceptors (Lipinski definition) is 0. The van der Waals surface area contributed by atoms with Crippen molar-refractivity contribution >= 4 is 0 Å². The van der Waals surface area contributed by atoms with Crippen LogP contribution in [0.25, 0.3) is 0 Å². The lowest BCUT2D eigenvalue weighted by atomic mass is 10.0. The van der Waals surface area contributed by atoms with Gasteiger partial charge in [-0.05, 0) is 61.6 Å². The van der Waals surface area contributed by atoms with Gasteiger partial charge in [0.15, 0.2) is 0 Å². The second-order valence-electron chi connectivity index (χ2n) is 4.78. The van der Waals surface area contributed by atoms with Gasteiger partial charge in [0, 0.05) is 5.56 Å². The lowest BCUT2D eigenvalue weighted by molar-refractivity contribution is 0.563. The third-order valence-electron chi connectivity index (χ3n) is 3.23. The van der Waals surface area contributed by atoms with E-state index in [1.54, 1.807) is 6.07 Å². The number of aryl methyl sites for hydroxylation is 3. The summed E-state index contributed by atoms with van der Waals surface area (Å²) in [7, 11) is 0. The topological polar surface area (TPSA) is 0 Å². The van der Waals surface area contributed by atoms with Gasteiger partial charge in [-0.2, -0.15) is 0 Å². The minimum Gasteiger partial charge on any atom is -0.207 e. The number of benzene rings is 2. The molecule has 0 saturated carbocycles. The smallest absolute Gasteiger partial charge is 0.129 e. The van der Waals surface area contributed by atoms with Crippen LogP contribution in [-0.2, 0) is 12.8 Å². The highest BCUT2D eigenvalue weighted by Gasteiger charge is 2.08. The van der Waals surface area contributed by atoms with Crippen molar-refractivity contribution in [1.82, 2.24) is 0 Å². The lowest BCUT2D eigenvalue weighted by Gasteiger charge is -2.07. The maximum atomic E-state index is 13.6. The third-order valence-corrected chi connectivity index (χ3v) is 3.23. The summed E-state index contributed by atoms with van der Waals surface area (Å²) in [6, 6.07) is 7.63. The van der Waals surface area contributed by atoms with Gasteiger partial charge in [0.05, 0.1) is 0 Å². The molecule has 0 aliphatic carbocycles. The van der Waals surface area contributed by atoms with Gasteiger partial charge in [0.1, 0.15) is 17.5 Å². The first-order valence-electron chi connectivity index (χ1n) is 6.17. The van der Waals surface area contributed by atoms with Crippen LogP contribution in [-0.4, -0.2) is 0 Å². The number of halogens is 3. The second kappa shape index (κ2) is 5.47. The van der Waals surface area contributed by atoms with Crippen molar-refractivity contribution in [3.8, 4) is 0 Å². The molecule has 0 aliphatic rings. The second-order valence-corrected chi connectivity index (χ2v) is 4.78. The number of hydrogen-bond donors (Lipinski definition) is 0. The van der Waals surface area contributed by atoms with Crippen molar-refractivity contribution in [2.75, 3.05) is 0 Å².